The molecule has 116 valence electrons. The van der Waals surface area contributed by atoms with Gasteiger partial charge in [-0.3, -0.25) is 4.90 Å². The zero-order valence-electron chi connectivity index (χ0n) is 12.8. The summed E-state index contributed by atoms with van der Waals surface area (Å²) in [5.74, 6) is 0. The lowest BCUT2D eigenvalue weighted by Crippen LogP contribution is -2.28. The lowest BCUT2D eigenvalue weighted by atomic mass is 10.1. The molecule has 4 rings (SSSR count). The van der Waals surface area contributed by atoms with Gasteiger partial charge in [0.25, 0.3) is 0 Å². The van der Waals surface area contributed by atoms with Crippen LogP contribution in [0.2, 0.25) is 5.02 Å². The normalized spacial score (nSPS) is 15.8. The fraction of sp³-hybridized carbons (Fsp3) is 0.200. The maximum Gasteiger partial charge on any atom is 0.0451 e. The molecule has 0 unspecified atom stereocenters. The number of nitrogens with zero attached hydrogens (tertiary/aromatic N) is 1. The Morgan fingerprint density at radius 2 is 1.87 bits per heavy atom. The standard InChI is InChI=1S/C20H18ClNS/c21-18-7-3-1-6-17(18)14-22-11-9-15(10-12-22)20-13-16-5-2-4-8-19(16)23-20/h1-9,13H,10-12,14H2. The molecule has 23 heavy (non-hydrogen) atoms. The molecule has 0 N–H and O–H groups in total. The van der Waals surface area contributed by atoms with E-state index in [-0.39, 0.29) is 0 Å². The van der Waals surface area contributed by atoms with Crippen molar-refractivity contribution in [3.8, 4) is 0 Å². The van der Waals surface area contributed by atoms with Crippen LogP contribution in [0, 0.1) is 0 Å². The highest BCUT2D eigenvalue weighted by Crippen LogP contribution is 2.33. The first-order valence-corrected chi connectivity index (χ1v) is 9.13. The van der Waals surface area contributed by atoms with E-state index in [0.29, 0.717) is 0 Å². The number of benzene rings is 2. The van der Waals surface area contributed by atoms with Crippen molar-refractivity contribution in [3.63, 3.8) is 0 Å². The monoisotopic (exact) mass is 339 g/mol. The van der Waals surface area contributed by atoms with Crippen molar-refractivity contribution >= 4 is 38.6 Å². The van der Waals surface area contributed by atoms with Crippen molar-refractivity contribution in [2.24, 2.45) is 0 Å². The summed E-state index contributed by atoms with van der Waals surface area (Å²) in [6, 6.07) is 19.1. The van der Waals surface area contributed by atoms with Gasteiger partial charge in [0.05, 0.1) is 0 Å². The van der Waals surface area contributed by atoms with Gasteiger partial charge in [0.1, 0.15) is 0 Å². The first-order chi connectivity index (χ1) is 11.3. The molecule has 3 heteroatoms. The fourth-order valence-electron chi connectivity index (χ4n) is 3.09. The van der Waals surface area contributed by atoms with Gasteiger partial charge in [-0.05, 0) is 41.1 Å². The van der Waals surface area contributed by atoms with Crippen molar-refractivity contribution in [3.05, 3.63) is 76.1 Å². The molecule has 1 aliphatic rings. The summed E-state index contributed by atoms with van der Waals surface area (Å²) in [5.41, 5.74) is 2.70. The molecule has 2 heterocycles. The third kappa shape index (κ3) is 3.20. The van der Waals surface area contributed by atoms with E-state index in [0.717, 1.165) is 31.1 Å². The Balaban J connectivity index is 1.49. The van der Waals surface area contributed by atoms with Crippen LogP contribution in [0.1, 0.15) is 16.9 Å². The maximum absolute atomic E-state index is 6.27. The number of hydrogen-bond acceptors (Lipinski definition) is 2. The molecule has 0 bridgehead atoms. The Labute approximate surface area is 145 Å². The summed E-state index contributed by atoms with van der Waals surface area (Å²) in [6.07, 6.45) is 3.49. The minimum Gasteiger partial charge on any atom is -0.295 e. The molecule has 0 aliphatic carbocycles. The molecule has 0 saturated carbocycles. The lowest BCUT2D eigenvalue weighted by molar-refractivity contribution is 0.294. The Kier molecular flexibility index (Phi) is 4.21. The van der Waals surface area contributed by atoms with Crippen LogP contribution in [-0.4, -0.2) is 18.0 Å². The van der Waals surface area contributed by atoms with E-state index in [1.54, 1.807) is 0 Å². The first kappa shape index (κ1) is 14.9. The Morgan fingerprint density at radius 3 is 2.65 bits per heavy atom. The predicted octanol–water partition coefficient (Wildman–Crippen LogP) is 5.84. The smallest absolute Gasteiger partial charge is 0.0451 e. The molecular weight excluding hydrogens is 322 g/mol. The van der Waals surface area contributed by atoms with Crippen LogP contribution in [0.3, 0.4) is 0 Å². The largest absolute Gasteiger partial charge is 0.295 e. The number of halogens is 1. The Morgan fingerprint density at radius 1 is 1.04 bits per heavy atom. The van der Waals surface area contributed by atoms with E-state index in [4.69, 9.17) is 11.6 Å². The average Bonchev–Trinajstić information content (AvgIpc) is 3.02. The van der Waals surface area contributed by atoms with Gasteiger partial charge < -0.3 is 0 Å². The number of fused-ring (bicyclic) bond motifs is 1. The summed E-state index contributed by atoms with van der Waals surface area (Å²) in [6.45, 7) is 3.01. The molecule has 1 aromatic heterocycles. The molecule has 0 fully saturated rings. The number of thiophene rings is 1. The molecule has 0 saturated heterocycles. The van der Waals surface area contributed by atoms with E-state index in [1.165, 1.54) is 26.1 Å². The van der Waals surface area contributed by atoms with E-state index in [9.17, 15) is 0 Å². The lowest BCUT2D eigenvalue weighted by Gasteiger charge is -2.26. The van der Waals surface area contributed by atoms with Gasteiger partial charge in [0.2, 0.25) is 0 Å². The Bertz CT molecular complexity index is 832. The van der Waals surface area contributed by atoms with E-state index < -0.39 is 0 Å². The van der Waals surface area contributed by atoms with Crippen molar-refractivity contribution in [2.45, 2.75) is 13.0 Å². The van der Waals surface area contributed by atoms with Gasteiger partial charge in [-0.25, -0.2) is 0 Å². The second-order valence-electron chi connectivity index (χ2n) is 5.95. The van der Waals surface area contributed by atoms with Gasteiger partial charge >= 0.3 is 0 Å². The van der Waals surface area contributed by atoms with Crippen LogP contribution in [0.4, 0.5) is 0 Å². The molecular formula is C20H18ClNS. The zero-order valence-corrected chi connectivity index (χ0v) is 14.4. The highest BCUT2D eigenvalue weighted by Gasteiger charge is 2.15. The predicted molar refractivity (Wildman–Crippen MR) is 101 cm³/mol. The molecule has 3 aromatic rings. The summed E-state index contributed by atoms with van der Waals surface area (Å²) >= 11 is 8.18. The second kappa shape index (κ2) is 6.48. The summed E-state index contributed by atoms with van der Waals surface area (Å²) in [4.78, 5) is 3.88. The summed E-state index contributed by atoms with van der Waals surface area (Å²) in [7, 11) is 0. The van der Waals surface area contributed by atoms with Crippen molar-refractivity contribution < 1.29 is 0 Å². The molecule has 1 aliphatic heterocycles. The number of hydrogen-bond donors (Lipinski definition) is 0. The Hall–Kier alpha value is -1.61. The molecule has 0 spiro atoms. The van der Waals surface area contributed by atoms with E-state index in [2.05, 4.69) is 53.4 Å². The highest BCUT2D eigenvalue weighted by atomic mass is 35.5. The highest BCUT2D eigenvalue weighted by molar-refractivity contribution is 7.20. The molecule has 1 nitrogen and oxygen atoms in total. The maximum atomic E-state index is 6.27. The SMILES string of the molecule is Clc1ccccc1CN1CC=C(c2cc3ccccc3s2)CC1. The van der Waals surface area contributed by atoms with Gasteiger partial charge in [-0.2, -0.15) is 0 Å². The van der Waals surface area contributed by atoms with Crippen LogP contribution >= 0.6 is 22.9 Å². The second-order valence-corrected chi connectivity index (χ2v) is 7.45. The summed E-state index contributed by atoms with van der Waals surface area (Å²) < 4.78 is 1.38. The van der Waals surface area contributed by atoms with Crippen LogP contribution < -0.4 is 0 Å². The third-order valence-electron chi connectivity index (χ3n) is 4.39. The zero-order chi connectivity index (χ0) is 15.6. The number of rotatable bonds is 3. The molecule has 2 aromatic carbocycles. The van der Waals surface area contributed by atoms with Crippen LogP contribution in [-0.2, 0) is 6.54 Å². The van der Waals surface area contributed by atoms with Crippen LogP contribution in [0.5, 0.6) is 0 Å². The minimum atomic E-state index is 0.867. The van der Waals surface area contributed by atoms with E-state index in [1.807, 2.05) is 23.5 Å². The minimum absolute atomic E-state index is 0.867. The van der Waals surface area contributed by atoms with Crippen LogP contribution in [0.15, 0.2) is 60.7 Å². The van der Waals surface area contributed by atoms with Crippen molar-refractivity contribution in [1.29, 1.82) is 0 Å². The van der Waals surface area contributed by atoms with Crippen molar-refractivity contribution in [2.75, 3.05) is 13.1 Å². The van der Waals surface area contributed by atoms with Gasteiger partial charge in [-0.1, -0.05) is 54.1 Å². The molecule has 0 amide bonds. The third-order valence-corrected chi connectivity index (χ3v) is 5.95. The van der Waals surface area contributed by atoms with Gasteiger partial charge in [0.15, 0.2) is 0 Å². The van der Waals surface area contributed by atoms with Crippen molar-refractivity contribution in [1.82, 2.24) is 4.90 Å². The fourth-order valence-corrected chi connectivity index (χ4v) is 4.41. The van der Waals surface area contributed by atoms with Gasteiger partial charge in [0, 0.05) is 34.2 Å². The molecule has 0 radical (unpaired) electrons. The topological polar surface area (TPSA) is 3.24 Å². The summed E-state index contributed by atoms with van der Waals surface area (Å²) in [5, 5.41) is 2.22. The van der Waals surface area contributed by atoms with Gasteiger partial charge in [-0.15, -0.1) is 11.3 Å². The van der Waals surface area contributed by atoms with Crippen LogP contribution in [0.25, 0.3) is 15.7 Å². The first-order valence-electron chi connectivity index (χ1n) is 7.93. The quantitative estimate of drug-likeness (QED) is 0.579. The van der Waals surface area contributed by atoms with E-state index >= 15 is 0 Å². The molecule has 0 atom stereocenters. The average molecular weight is 340 g/mol.